The number of rotatable bonds is 8. The smallest absolute Gasteiger partial charge is 0.361 e. The number of nitrogens with zero attached hydrogens (tertiary/aromatic N) is 10. The number of carbonyl (C=O) groups is 2. The molecule has 2 aliphatic carbocycles. The van der Waals surface area contributed by atoms with Crippen LogP contribution < -0.4 is 0 Å². The van der Waals surface area contributed by atoms with Crippen LogP contribution in [0.5, 0.6) is 0 Å². The zero-order valence-corrected chi connectivity index (χ0v) is 30.5. The van der Waals surface area contributed by atoms with Crippen molar-refractivity contribution in [2.24, 2.45) is 0 Å². The summed E-state index contributed by atoms with van der Waals surface area (Å²) in [5.74, 6) is 0.381. The van der Waals surface area contributed by atoms with Crippen LogP contribution in [0.4, 0.5) is 0 Å². The largest absolute Gasteiger partial charge is 0.464 e. The van der Waals surface area contributed by atoms with Crippen LogP contribution in [0.1, 0.15) is 109 Å². The minimum absolute atomic E-state index is 0. The molecule has 262 valence electrons. The van der Waals surface area contributed by atoms with Gasteiger partial charge in [0.05, 0.1) is 52.9 Å². The fourth-order valence-electron chi connectivity index (χ4n) is 5.39. The second kappa shape index (κ2) is 14.1. The molecule has 2 aliphatic rings. The lowest BCUT2D eigenvalue weighted by molar-refractivity contribution is 0.00624. The molecule has 0 saturated heterocycles. The summed E-state index contributed by atoms with van der Waals surface area (Å²) in [6.45, 7) is 6.33. The van der Waals surface area contributed by atoms with E-state index in [9.17, 15) is 9.59 Å². The van der Waals surface area contributed by atoms with Crippen molar-refractivity contribution in [1.29, 1.82) is 0 Å². The van der Waals surface area contributed by atoms with Crippen molar-refractivity contribution in [3.63, 3.8) is 0 Å². The molecule has 8 rings (SSSR count). The number of fused-ring (bicyclic) bond motifs is 2. The monoisotopic (exact) mass is 808 g/mol. The highest BCUT2D eigenvalue weighted by molar-refractivity contribution is 9.11. The highest BCUT2D eigenvalue weighted by atomic mass is 79.9. The third-order valence-corrected chi connectivity index (χ3v) is 9.15. The Morgan fingerprint density at radius 1 is 0.740 bits per heavy atom. The maximum atomic E-state index is 12.1. The average Bonchev–Trinajstić information content (AvgIpc) is 3.88. The molecule has 2 fully saturated rings. The predicted molar refractivity (Wildman–Crippen MR) is 191 cm³/mol. The summed E-state index contributed by atoms with van der Waals surface area (Å²) < 4.78 is 19.2. The van der Waals surface area contributed by atoms with Gasteiger partial charge < -0.3 is 18.3 Å². The number of hydrogen-bond donors (Lipinski definition) is 0. The molecule has 14 nitrogen and oxygen atoms in total. The zero-order valence-electron chi connectivity index (χ0n) is 27.4. The van der Waals surface area contributed by atoms with Crippen LogP contribution >= 0.6 is 31.9 Å². The van der Waals surface area contributed by atoms with Crippen LogP contribution in [0.2, 0.25) is 0 Å². The number of aromatic nitrogens is 10. The molecule has 0 unspecified atom stereocenters. The van der Waals surface area contributed by atoms with Gasteiger partial charge in [0.25, 0.3) is 0 Å². The molecule has 50 heavy (non-hydrogen) atoms. The van der Waals surface area contributed by atoms with Gasteiger partial charge in [0, 0.05) is 24.8 Å². The second-order valence-corrected chi connectivity index (χ2v) is 15.0. The molecular weight excluding hydrogens is 772 g/mol. The fraction of sp³-hybridized carbons (Fsp3) is 0.412. The van der Waals surface area contributed by atoms with Crippen LogP contribution in [0, 0.1) is 0 Å². The molecule has 0 spiro atoms. The van der Waals surface area contributed by atoms with Gasteiger partial charge in [-0.25, -0.2) is 28.9 Å². The first-order valence-electron chi connectivity index (χ1n) is 15.9. The first kappa shape index (κ1) is 35.4. The third kappa shape index (κ3) is 8.12. The number of hydrogen-bond acceptors (Lipinski definition) is 10. The number of imidazole rings is 2. The first-order valence-corrected chi connectivity index (χ1v) is 17.5. The van der Waals surface area contributed by atoms with Crippen molar-refractivity contribution in [1.82, 2.24) is 48.8 Å². The molecule has 0 radical (unpaired) electrons. The van der Waals surface area contributed by atoms with Gasteiger partial charge in [-0.2, -0.15) is 0 Å². The third-order valence-electron chi connectivity index (χ3n) is 7.98. The summed E-state index contributed by atoms with van der Waals surface area (Å²) >= 11 is 7.21. The van der Waals surface area contributed by atoms with Crippen LogP contribution in [-0.4, -0.2) is 73.4 Å². The molecule has 0 amide bonds. The Morgan fingerprint density at radius 2 is 1.18 bits per heavy atom. The van der Waals surface area contributed by atoms with Gasteiger partial charge in [-0.05, 0) is 113 Å². The van der Waals surface area contributed by atoms with Gasteiger partial charge in [-0.15, -0.1) is 10.2 Å². The molecule has 0 N–H and O–H groups in total. The molecule has 6 aromatic heterocycles. The van der Waals surface area contributed by atoms with Crippen LogP contribution in [0.3, 0.4) is 0 Å². The van der Waals surface area contributed by atoms with Gasteiger partial charge in [0.15, 0.2) is 22.7 Å². The standard InChI is InChI=1S/C18H20BrN5O2.C15H14BrN5O2.CH4/c1-18(2,3)26-17(25)15-10-24(22-21-15)9-13-8-23-7-12(11-4-5-11)6-14(19)16(23)20-13;1-23-15(22)13-8-21(19-18-13)7-11-6-20-5-10(9-2-3-9)4-12(16)14(20)17-11;/h6-8,10-11H,4-5,9H2,1-3H3;4-6,8-9H,2-3,7H2,1H3;1H4. The average molecular weight is 811 g/mol. The van der Waals surface area contributed by atoms with Crippen molar-refractivity contribution >= 4 is 55.1 Å². The summed E-state index contributed by atoms with van der Waals surface area (Å²) in [4.78, 5) is 32.7. The summed E-state index contributed by atoms with van der Waals surface area (Å²) in [7, 11) is 1.32. The van der Waals surface area contributed by atoms with Crippen molar-refractivity contribution in [2.75, 3.05) is 7.11 Å². The number of methoxy groups -OCH3 is 1. The number of pyridine rings is 2. The molecule has 6 aromatic rings. The quantitative estimate of drug-likeness (QED) is 0.154. The normalized spacial score (nSPS) is 14.3. The molecule has 6 heterocycles. The Bertz CT molecular complexity index is 2190. The van der Waals surface area contributed by atoms with Crippen molar-refractivity contribution < 1.29 is 19.1 Å². The summed E-state index contributed by atoms with van der Waals surface area (Å²) in [6, 6.07) is 4.30. The number of carbonyl (C=O) groups excluding carboxylic acids is 2. The van der Waals surface area contributed by atoms with Gasteiger partial charge in [0.2, 0.25) is 0 Å². The second-order valence-electron chi connectivity index (χ2n) is 13.3. The Hall–Kier alpha value is -4.44. The predicted octanol–water partition coefficient (Wildman–Crippen LogP) is 6.61. The van der Waals surface area contributed by atoms with E-state index >= 15 is 0 Å². The van der Waals surface area contributed by atoms with E-state index < -0.39 is 17.5 Å². The van der Waals surface area contributed by atoms with E-state index in [1.807, 2.05) is 42.0 Å². The van der Waals surface area contributed by atoms with Gasteiger partial charge in [0.1, 0.15) is 5.60 Å². The minimum atomic E-state index is -0.562. The van der Waals surface area contributed by atoms with E-state index in [1.54, 1.807) is 21.8 Å². The molecule has 0 atom stereocenters. The van der Waals surface area contributed by atoms with E-state index in [2.05, 4.69) is 91.7 Å². The van der Waals surface area contributed by atoms with Crippen LogP contribution in [0.25, 0.3) is 11.3 Å². The lowest BCUT2D eigenvalue weighted by Gasteiger charge is -2.18. The maximum Gasteiger partial charge on any atom is 0.361 e. The zero-order chi connectivity index (χ0) is 34.4. The van der Waals surface area contributed by atoms with E-state index in [1.165, 1.54) is 43.9 Å². The number of esters is 2. The van der Waals surface area contributed by atoms with E-state index in [0.717, 1.165) is 31.6 Å². The highest BCUT2D eigenvalue weighted by Gasteiger charge is 2.26. The first-order chi connectivity index (χ1) is 23.4. The van der Waals surface area contributed by atoms with E-state index in [-0.39, 0.29) is 18.8 Å². The minimum Gasteiger partial charge on any atom is -0.464 e. The number of halogens is 2. The van der Waals surface area contributed by atoms with Crippen LogP contribution in [-0.2, 0) is 22.6 Å². The molecule has 0 aliphatic heterocycles. The lowest BCUT2D eigenvalue weighted by Crippen LogP contribution is -2.24. The molecule has 2 saturated carbocycles. The van der Waals surface area contributed by atoms with Crippen molar-refractivity contribution in [3.05, 3.63) is 92.2 Å². The van der Waals surface area contributed by atoms with Gasteiger partial charge >= 0.3 is 11.9 Å². The molecular formula is C34H38Br2N10O4. The lowest BCUT2D eigenvalue weighted by atomic mass is 10.2. The summed E-state index contributed by atoms with van der Waals surface area (Å²) in [5, 5.41) is 15.7. The molecule has 0 aromatic carbocycles. The van der Waals surface area contributed by atoms with Gasteiger partial charge in [-0.1, -0.05) is 17.9 Å². The Morgan fingerprint density at radius 3 is 1.58 bits per heavy atom. The Labute approximate surface area is 305 Å². The van der Waals surface area contributed by atoms with Gasteiger partial charge in [-0.3, -0.25) is 0 Å². The van der Waals surface area contributed by atoms with Crippen LogP contribution in [0.15, 0.2) is 58.3 Å². The molecule has 0 bridgehead atoms. The maximum absolute atomic E-state index is 12.1. The summed E-state index contributed by atoms with van der Waals surface area (Å²) in [6.07, 6.45) is 16.4. The SMILES string of the molecule is C.CC(C)(C)OC(=O)c1cn(Cc2cn3cc(C4CC4)cc(Br)c3n2)nn1.COC(=O)c1cn(Cc2cn3cc(C4CC4)cc(Br)c3n2)nn1. The Kier molecular flexibility index (Phi) is 9.95. The van der Waals surface area contributed by atoms with E-state index in [0.29, 0.717) is 24.9 Å². The van der Waals surface area contributed by atoms with Crippen molar-refractivity contribution in [2.45, 2.75) is 84.4 Å². The number of ether oxygens (including phenoxy) is 2. The Balaban J connectivity index is 0.000000171. The topological polar surface area (TPSA) is 149 Å². The fourth-order valence-corrected chi connectivity index (χ4v) is 6.51. The van der Waals surface area contributed by atoms with Crippen molar-refractivity contribution in [3.8, 4) is 0 Å². The van der Waals surface area contributed by atoms with E-state index in [4.69, 9.17) is 4.74 Å². The highest BCUT2D eigenvalue weighted by Crippen LogP contribution is 2.42. The summed E-state index contributed by atoms with van der Waals surface area (Å²) in [5.41, 5.74) is 5.93. The molecule has 16 heteroatoms.